The molecule has 1 fully saturated rings. The Balaban J connectivity index is 1.38. The van der Waals surface area contributed by atoms with Gasteiger partial charge in [0, 0.05) is 18.5 Å². The highest BCUT2D eigenvalue weighted by Gasteiger charge is 2.23. The molecular formula is C22H22N2O2. The zero-order valence-corrected chi connectivity index (χ0v) is 14.6. The molecule has 0 aliphatic carbocycles. The van der Waals surface area contributed by atoms with Gasteiger partial charge in [0.15, 0.2) is 0 Å². The summed E-state index contributed by atoms with van der Waals surface area (Å²) in [6.45, 7) is 2.97. The number of para-hydroxylation sites is 1. The number of likely N-dealkylation sites (tertiary alicyclic amines) is 1. The second-order valence-corrected chi connectivity index (χ2v) is 7.09. The fourth-order valence-electron chi connectivity index (χ4n) is 3.81. The number of fused-ring (bicyclic) bond motifs is 1. The van der Waals surface area contributed by atoms with Crippen molar-refractivity contribution >= 4 is 16.9 Å². The minimum Gasteiger partial charge on any atom is -0.478 e. The van der Waals surface area contributed by atoms with Crippen LogP contribution in [0, 0.1) is 5.92 Å². The van der Waals surface area contributed by atoms with E-state index in [1.165, 1.54) is 5.39 Å². The summed E-state index contributed by atoms with van der Waals surface area (Å²) in [5.41, 5.74) is 3.64. The van der Waals surface area contributed by atoms with Crippen LogP contribution in [0.2, 0.25) is 0 Å². The Morgan fingerprint density at radius 2 is 2.00 bits per heavy atom. The number of carboxylic acids is 1. The molecule has 26 heavy (non-hydrogen) atoms. The smallest absolute Gasteiger partial charge is 0.335 e. The van der Waals surface area contributed by atoms with E-state index in [9.17, 15) is 4.79 Å². The number of aromatic nitrogens is 1. The Morgan fingerprint density at radius 3 is 2.88 bits per heavy atom. The van der Waals surface area contributed by atoms with Gasteiger partial charge < -0.3 is 5.11 Å². The molecule has 0 bridgehead atoms. The van der Waals surface area contributed by atoms with Crippen LogP contribution in [0.4, 0.5) is 0 Å². The summed E-state index contributed by atoms with van der Waals surface area (Å²) >= 11 is 0. The van der Waals surface area contributed by atoms with E-state index < -0.39 is 5.97 Å². The van der Waals surface area contributed by atoms with Crippen molar-refractivity contribution in [2.24, 2.45) is 5.92 Å². The summed E-state index contributed by atoms with van der Waals surface area (Å²) < 4.78 is 0. The molecule has 132 valence electrons. The standard InChI is InChI=1S/C22H22N2O2/c25-22(26)19-6-3-4-16(13-19)12-17-10-11-24(14-17)15-20-9-8-18-5-1-2-7-21(18)23-20/h1-9,13,17H,10-12,14-15H2,(H,25,26)/t17-/m0/s1. The molecule has 0 amide bonds. The van der Waals surface area contributed by atoms with Gasteiger partial charge in [-0.2, -0.15) is 0 Å². The molecule has 2 aromatic carbocycles. The maximum atomic E-state index is 11.1. The van der Waals surface area contributed by atoms with Gasteiger partial charge in [-0.15, -0.1) is 0 Å². The molecule has 2 heterocycles. The van der Waals surface area contributed by atoms with Crippen molar-refractivity contribution in [1.29, 1.82) is 0 Å². The molecule has 1 aromatic heterocycles. The van der Waals surface area contributed by atoms with Crippen molar-refractivity contribution in [1.82, 2.24) is 9.88 Å². The average molecular weight is 346 g/mol. The summed E-state index contributed by atoms with van der Waals surface area (Å²) in [5, 5.41) is 10.3. The Bertz CT molecular complexity index is 938. The van der Waals surface area contributed by atoms with E-state index >= 15 is 0 Å². The van der Waals surface area contributed by atoms with E-state index in [-0.39, 0.29) is 0 Å². The van der Waals surface area contributed by atoms with E-state index in [2.05, 4.69) is 29.2 Å². The Hall–Kier alpha value is -2.72. The number of nitrogens with zero attached hydrogens (tertiary/aromatic N) is 2. The molecule has 4 nitrogen and oxygen atoms in total. The molecule has 0 radical (unpaired) electrons. The van der Waals surface area contributed by atoms with Crippen LogP contribution >= 0.6 is 0 Å². The number of benzene rings is 2. The lowest BCUT2D eigenvalue weighted by molar-refractivity contribution is 0.0696. The van der Waals surface area contributed by atoms with Crippen LogP contribution in [-0.2, 0) is 13.0 Å². The highest BCUT2D eigenvalue weighted by Crippen LogP contribution is 2.23. The Labute approximate surface area is 153 Å². The van der Waals surface area contributed by atoms with Gasteiger partial charge in [0.05, 0.1) is 16.8 Å². The van der Waals surface area contributed by atoms with Gasteiger partial charge >= 0.3 is 5.97 Å². The topological polar surface area (TPSA) is 53.4 Å². The third-order valence-electron chi connectivity index (χ3n) is 5.11. The van der Waals surface area contributed by atoms with Gasteiger partial charge in [-0.3, -0.25) is 9.88 Å². The lowest BCUT2D eigenvalue weighted by Gasteiger charge is -2.16. The summed E-state index contributed by atoms with van der Waals surface area (Å²) in [7, 11) is 0. The monoisotopic (exact) mass is 346 g/mol. The number of hydrogen-bond acceptors (Lipinski definition) is 3. The van der Waals surface area contributed by atoms with E-state index in [0.29, 0.717) is 11.5 Å². The maximum Gasteiger partial charge on any atom is 0.335 e. The van der Waals surface area contributed by atoms with Crippen molar-refractivity contribution in [3.8, 4) is 0 Å². The van der Waals surface area contributed by atoms with Crippen molar-refractivity contribution < 1.29 is 9.90 Å². The van der Waals surface area contributed by atoms with Gasteiger partial charge in [0.25, 0.3) is 0 Å². The van der Waals surface area contributed by atoms with Crippen LogP contribution in [0.5, 0.6) is 0 Å². The largest absolute Gasteiger partial charge is 0.478 e. The van der Waals surface area contributed by atoms with Crippen molar-refractivity contribution in [2.45, 2.75) is 19.4 Å². The predicted octanol–water partition coefficient (Wildman–Crippen LogP) is 4.00. The number of aromatic carboxylic acids is 1. The molecule has 0 unspecified atom stereocenters. The summed E-state index contributed by atoms with van der Waals surface area (Å²) in [6.07, 6.45) is 2.08. The maximum absolute atomic E-state index is 11.1. The fourth-order valence-corrected chi connectivity index (χ4v) is 3.81. The average Bonchev–Trinajstić information content (AvgIpc) is 3.08. The lowest BCUT2D eigenvalue weighted by atomic mass is 9.97. The van der Waals surface area contributed by atoms with Crippen LogP contribution in [-0.4, -0.2) is 34.0 Å². The van der Waals surface area contributed by atoms with Crippen LogP contribution in [0.15, 0.2) is 60.7 Å². The number of carbonyl (C=O) groups is 1. The summed E-state index contributed by atoms with van der Waals surface area (Å²) in [5.74, 6) is -0.290. The first-order chi connectivity index (χ1) is 12.7. The fraction of sp³-hybridized carbons (Fsp3) is 0.273. The highest BCUT2D eigenvalue weighted by atomic mass is 16.4. The number of hydrogen-bond donors (Lipinski definition) is 1. The minimum absolute atomic E-state index is 0.373. The first-order valence-electron chi connectivity index (χ1n) is 9.06. The van der Waals surface area contributed by atoms with Crippen LogP contribution < -0.4 is 0 Å². The molecule has 4 rings (SSSR count). The quantitative estimate of drug-likeness (QED) is 0.759. The van der Waals surface area contributed by atoms with Crippen LogP contribution in [0.1, 0.15) is 28.0 Å². The zero-order chi connectivity index (χ0) is 17.9. The molecule has 1 N–H and O–H groups in total. The van der Waals surface area contributed by atoms with E-state index in [4.69, 9.17) is 10.1 Å². The normalized spacial score (nSPS) is 17.6. The number of pyridine rings is 1. The molecule has 3 aromatic rings. The molecule has 1 aliphatic rings. The van der Waals surface area contributed by atoms with Gasteiger partial charge in [-0.05, 0) is 55.1 Å². The molecule has 1 saturated heterocycles. The molecule has 1 aliphatic heterocycles. The number of carboxylic acid groups (broad SMARTS) is 1. The van der Waals surface area contributed by atoms with Crippen LogP contribution in [0.3, 0.4) is 0 Å². The molecule has 0 saturated carbocycles. The van der Waals surface area contributed by atoms with Crippen molar-refractivity contribution in [2.75, 3.05) is 13.1 Å². The molecule has 0 spiro atoms. The summed E-state index contributed by atoms with van der Waals surface area (Å²) in [6, 6.07) is 19.8. The van der Waals surface area contributed by atoms with Gasteiger partial charge in [-0.25, -0.2) is 4.79 Å². The Kier molecular flexibility index (Phi) is 4.67. The molecular weight excluding hydrogens is 324 g/mol. The third kappa shape index (κ3) is 3.75. The lowest BCUT2D eigenvalue weighted by Crippen LogP contribution is -2.21. The highest BCUT2D eigenvalue weighted by molar-refractivity contribution is 5.87. The van der Waals surface area contributed by atoms with Crippen molar-refractivity contribution in [3.63, 3.8) is 0 Å². The first-order valence-corrected chi connectivity index (χ1v) is 9.06. The Morgan fingerprint density at radius 1 is 1.12 bits per heavy atom. The molecule has 4 heteroatoms. The van der Waals surface area contributed by atoms with Crippen molar-refractivity contribution in [3.05, 3.63) is 77.5 Å². The van der Waals surface area contributed by atoms with E-state index in [1.54, 1.807) is 12.1 Å². The van der Waals surface area contributed by atoms with Gasteiger partial charge in [-0.1, -0.05) is 36.4 Å². The third-order valence-corrected chi connectivity index (χ3v) is 5.11. The van der Waals surface area contributed by atoms with E-state index in [0.717, 1.165) is 49.2 Å². The zero-order valence-electron chi connectivity index (χ0n) is 14.6. The SMILES string of the molecule is O=C(O)c1cccc(C[C@@H]2CCN(Cc3ccc4ccccc4n3)C2)c1. The molecule has 1 atom stereocenters. The minimum atomic E-state index is -0.859. The van der Waals surface area contributed by atoms with Gasteiger partial charge in [0.2, 0.25) is 0 Å². The second-order valence-electron chi connectivity index (χ2n) is 7.09. The second kappa shape index (κ2) is 7.26. The first kappa shape index (κ1) is 16.7. The van der Waals surface area contributed by atoms with Gasteiger partial charge in [0.1, 0.15) is 0 Å². The number of rotatable bonds is 5. The predicted molar refractivity (Wildman–Crippen MR) is 102 cm³/mol. The van der Waals surface area contributed by atoms with Crippen LogP contribution in [0.25, 0.3) is 10.9 Å². The summed E-state index contributed by atoms with van der Waals surface area (Å²) in [4.78, 5) is 18.3. The van der Waals surface area contributed by atoms with E-state index in [1.807, 2.05) is 24.3 Å².